The van der Waals surface area contributed by atoms with Gasteiger partial charge in [0.15, 0.2) is 0 Å². The highest BCUT2D eigenvalue weighted by Crippen LogP contribution is 2.26. The predicted molar refractivity (Wildman–Crippen MR) is 79.1 cm³/mol. The topological polar surface area (TPSA) is 71.3 Å². The molecule has 0 aliphatic heterocycles. The third kappa shape index (κ3) is 3.79. The van der Waals surface area contributed by atoms with Crippen molar-refractivity contribution in [2.45, 2.75) is 43.5 Å². The van der Waals surface area contributed by atoms with E-state index in [0.29, 0.717) is 5.25 Å². The molecule has 0 radical (unpaired) electrons. The van der Waals surface area contributed by atoms with Gasteiger partial charge in [-0.1, -0.05) is 6.42 Å². The van der Waals surface area contributed by atoms with Gasteiger partial charge >= 0.3 is 5.97 Å². The summed E-state index contributed by atoms with van der Waals surface area (Å²) >= 11 is 1.85. The van der Waals surface area contributed by atoms with Crippen LogP contribution in [-0.4, -0.2) is 39.1 Å². The van der Waals surface area contributed by atoms with Crippen molar-refractivity contribution in [1.82, 2.24) is 9.88 Å². The zero-order valence-corrected chi connectivity index (χ0v) is 12.4. The first-order valence-electron chi connectivity index (χ1n) is 6.80. The summed E-state index contributed by atoms with van der Waals surface area (Å²) in [5.41, 5.74) is 0.144. The molecule has 0 aromatic carbocycles. The van der Waals surface area contributed by atoms with Gasteiger partial charge in [-0.3, -0.25) is 4.79 Å². The van der Waals surface area contributed by atoms with E-state index in [2.05, 4.69) is 11.6 Å². The fraction of sp³-hybridized carbons (Fsp3) is 0.571. The zero-order chi connectivity index (χ0) is 14.5. The van der Waals surface area contributed by atoms with Crippen molar-refractivity contribution in [3.8, 4) is 0 Å². The molecule has 110 valence electrons. The van der Waals surface area contributed by atoms with E-state index in [0.717, 1.165) is 19.3 Å². The monoisotopic (exact) mass is 296 g/mol. The molecular formula is C14H20N2O3S. The van der Waals surface area contributed by atoms with Crippen molar-refractivity contribution in [1.29, 1.82) is 0 Å². The predicted octanol–water partition coefficient (Wildman–Crippen LogP) is 1.98. The van der Waals surface area contributed by atoms with Crippen LogP contribution in [0, 0.1) is 0 Å². The molecule has 1 aromatic rings. The molecule has 1 fully saturated rings. The number of rotatable bonds is 5. The minimum atomic E-state index is -1.01. The fourth-order valence-electron chi connectivity index (χ4n) is 2.66. The Hall–Kier alpha value is -1.43. The summed E-state index contributed by atoms with van der Waals surface area (Å²) in [6.07, 6.45) is 8.10. The highest BCUT2D eigenvalue weighted by atomic mass is 32.2. The number of thioether (sulfide) groups is 1. The van der Waals surface area contributed by atoms with Crippen LogP contribution in [0.25, 0.3) is 0 Å². The lowest BCUT2D eigenvalue weighted by atomic mass is 9.95. The third-order valence-corrected chi connectivity index (χ3v) is 4.78. The van der Waals surface area contributed by atoms with Crippen molar-refractivity contribution in [3.05, 3.63) is 24.0 Å². The Labute approximate surface area is 122 Å². The number of carbonyl (C=O) groups excluding carboxylic acids is 1. The molecular weight excluding hydrogens is 276 g/mol. The summed E-state index contributed by atoms with van der Waals surface area (Å²) in [4.78, 5) is 23.0. The van der Waals surface area contributed by atoms with Gasteiger partial charge in [-0.05, 0) is 37.7 Å². The van der Waals surface area contributed by atoms with Gasteiger partial charge in [0.05, 0.1) is 0 Å². The minimum Gasteiger partial charge on any atom is -0.477 e. The molecule has 2 atom stereocenters. The maximum Gasteiger partial charge on any atom is 0.352 e. The van der Waals surface area contributed by atoms with E-state index in [1.54, 1.807) is 12.3 Å². The Morgan fingerprint density at radius 2 is 2.30 bits per heavy atom. The Balaban J connectivity index is 1.89. The van der Waals surface area contributed by atoms with Gasteiger partial charge in [-0.15, -0.1) is 0 Å². The second kappa shape index (κ2) is 6.83. The molecule has 2 rings (SSSR count). The summed E-state index contributed by atoms with van der Waals surface area (Å²) in [7, 11) is 0. The maximum atomic E-state index is 12.0. The number of carboxylic acids is 1. The SMILES string of the molecule is CSC1CCCC(NC(=O)Cn2cccc2C(=O)O)C1. The van der Waals surface area contributed by atoms with Gasteiger partial charge < -0.3 is 15.0 Å². The number of aromatic carboxylic acids is 1. The quantitative estimate of drug-likeness (QED) is 0.871. The summed E-state index contributed by atoms with van der Waals surface area (Å²) in [6.45, 7) is 0.0646. The number of aromatic nitrogens is 1. The fourth-order valence-corrected chi connectivity index (χ4v) is 3.49. The molecule has 0 saturated heterocycles. The molecule has 1 amide bonds. The average Bonchev–Trinajstić information content (AvgIpc) is 2.87. The van der Waals surface area contributed by atoms with Crippen LogP contribution in [0.15, 0.2) is 18.3 Å². The van der Waals surface area contributed by atoms with Crippen LogP contribution in [0.5, 0.6) is 0 Å². The number of nitrogens with one attached hydrogen (secondary N) is 1. The first-order chi connectivity index (χ1) is 9.60. The average molecular weight is 296 g/mol. The van der Waals surface area contributed by atoms with E-state index in [1.165, 1.54) is 17.1 Å². The van der Waals surface area contributed by atoms with Crippen LogP contribution in [0.4, 0.5) is 0 Å². The van der Waals surface area contributed by atoms with Gasteiger partial charge in [-0.2, -0.15) is 11.8 Å². The summed E-state index contributed by atoms with van der Waals surface area (Å²) in [5, 5.41) is 12.6. The van der Waals surface area contributed by atoms with Crippen molar-refractivity contribution in [3.63, 3.8) is 0 Å². The van der Waals surface area contributed by atoms with E-state index in [9.17, 15) is 9.59 Å². The molecule has 20 heavy (non-hydrogen) atoms. The molecule has 2 unspecified atom stereocenters. The van der Waals surface area contributed by atoms with E-state index in [1.807, 2.05) is 11.8 Å². The third-order valence-electron chi connectivity index (χ3n) is 3.69. The molecule has 0 spiro atoms. The zero-order valence-electron chi connectivity index (χ0n) is 11.5. The van der Waals surface area contributed by atoms with Crippen LogP contribution in [0.1, 0.15) is 36.2 Å². The van der Waals surface area contributed by atoms with Crippen molar-refractivity contribution < 1.29 is 14.7 Å². The smallest absolute Gasteiger partial charge is 0.352 e. The molecule has 0 bridgehead atoms. The van der Waals surface area contributed by atoms with Gasteiger partial charge in [0.1, 0.15) is 12.2 Å². The van der Waals surface area contributed by atoms with Crippen LogP contribution >= 0.6 is 11.8 Å². The van der Waals surface area contributed by atoms with Gasteiger partial charge in [0.25, 0.3) is 0 Å². The Morgan fingerprint density at radius 1 is 1.50 bits per heavy atom. The summed E-state index contributed by atoms with van der Waals surface area (Å²) in [6, 6.07) is 3.36. The van der Waals surface area contributed by atoms with E-state index in [-0.39, 0.29) is 24.2 Å². The standard InChI is InChI=1S/C14H20N2O3S/c1-20-11-5-2-4-10(8-11)15-13(17)9-16-7-3-6-12(16)14(18)19/h3,6-7,10-11H,2,4-5,8-9H2,1H3,(H,15,17)(H,18,19). The molecule has 1 aliphatic carbocycles. The lowest BCUT2D eigenvalue weighted by Crippen LogP contribution is -2.40. The van der Waals surface area contributed by atoms with E-state index >= 15 is 0 Å². The first-order valence-corrected chi connectivity index (χ1v) is 8.09. The largest absolute Gasteiger partial charge is 0.477 e. The molecule has 6 heteroatoms. The van der Waals surface area contributed by atoms with Crippen LogP contribution in [-0.2, 0) is 11.3 Å². The minimum absolute atomic E-state index is 0.0646. The maximum absolute atomic E-state index is 12.0. The van der Waals surface area contributed by atoms with E-state index in [4.69, 9.17) is 5.11 Å². The number of carboxylic acid groups (broad SMARTS) is 1. The van der Waals surface area contributed by atoms with Gasteiger partial charge in [-0.25, -0.2) is 4.79 Å². The van der Waals surface area contributed by atoms with Crippen LogP contribution in [0.2, 0.25) is 0 Å². The highest BCUT2D eigenvalue weighted by molar-refractivity contribution is 7.99. The summed E-state index contributed by atoms with van der Waals surface area (Å²) in [5.74, 6) is -1.13. The molecule has 5 nitrogen and oxygen atoms in total. The van der Waals surface area contributed by atoms with Crippen molar-refractivity contribution in [2.75, 3.05) is 6.26 Å². The number of carbonyl (C=O) groups is 2. The Morgan fingerprint density at radius 3 is 3.00 bits per heavy atom. The van der Waals surface area contributed by atoms with Gasteiger partial charge in [0, 0.05) is 17.5 Å². The normalized spacial score (nSPS) is 22.4. The van der Waals surface area contributed by atoms with E-state index < -0.39 is 5.97 Å². The number of nitrogens with zero attached hydrogens (tertiary/aromatic N) is 1. The van der Waals surface area contributed by atoms with Gasteiger partial charge in [0.2, 0.25) is 5.91 Å². The van der Waals surface area contributed by atoms with Crippen LogP contribution < -0.4 is 5.32 Å². The molecule has 1 heterocycles. The second-order valence-electron chi connectivity index (χ2n) is 5.12. The highest BCUT2D eigenvalue weighted by Gasteiger charge is 2.23. The molecule has 1 aromatic heterocycles. The van der Waals surface area contributed by atoms with Crippen molar-refractivity contribution in [2.24, 2.45) is 0 Å². The lowest BCUT2D eigenvalue weighted by Gasteiger charge is -2.28. The molecule has 1 saturated carbocycles. The lowest BCUT2D eigenvalue weighted by molar-refractivity contribution is -0.122. The Kier molecular flexibility index (Phi) is 5.11. The van der Waals surface area contributed by atoms with Crippen molar-refractivity contribution >= 4 is 23.6 Å². The van der Waals surface area contributed by atoms with Crippen LogP contribution in [0.3, 0.4) is 0 Å². The molecule has 2 N–H and O–H groups in total. The number of hydrogen-bond acceptors (Lipinski definition) is 3. The Bertz CT molecular complexity index is 487. The molecule has 1 aliphatic rings. The number of hydrogen-bond donors (Lipinski definition) is 2. The first kappa shape index (κ1) is 15.0. The number of amides is 1. The summed E-state index contributed by atoms with van der Waals surface area (Å²) < 4.78 is 1.46. The second-order valence-corrected chi connectivity index (χ2v) is 6.25.